The minimum atomic E-state index is -0.444. The van der Waals surface area contributed by atoms with Gasteiger partial charge in [-0.15, -0.1) is 5.10 Å². The van der Waals surface area contributed by atoms with Gasteiger partial charge in [0.15, 0.2) is 17.3 Å². The first kappa shape index (κ1) is 22.5. The number of aromatic nitrogens is 3. The first-order chi connectivity index (χ1) is 15.9. The van der Waals surface area contributed by atoms with Crippen molar-refractivity contribution in [1.82, 2.24) is 14.6 Å². The molecule has 2 aromatic heterocycles. The Kier molecular flexibility index (Phi) is 6.41. The second-order valence-electron chi connectivity index (χ2n) is 7.75. The number of nitrogens with zero attached hydrogens (tertiary/aromatic N) is 3. The molecule has 0 aliphatic heterocycles. The van der Waals surface area contributed by atoms with Crippen molar-refractivity contribution in [3.63, 3.8) is 0 Å². The van der Waals surface area contributed by atoms with Crippen LogP contribution in [0.25, 0.3) is 22.4 Å². The van der Waals surface area contributed by atoms with Crippen LogP contribution in [-0.2, 0) is 4.79 Å². The molecule has 2 aromatic carbocycles. The fourth-order valence-electron chi connectivity index (χ4n) is 3.14. The van der Waals surface area contributed by atoms with Crippen molar-refractivity contribution in [3.05, 3.63) is 62.9 Å². The zero-order valence-electron chi connectivity index (χ0n) is 18.7. The van der Waals surface area contributed by atoms with Gasteiger partial charge in [-0.05, 0) is 41.8 Å². The van der Waals surface area contributed by atoms with Gasteiger partial charge in [0.2, 0.25) is 4.96 Å². The van der Waals surface area contributed by atoms with Crippen LogP contribution >= 0.6 is 11.3 Å². The average Bonchev–Trinajstić information content (AvgIpc) is 3.32. The number of rotatable bonds is 7. The van der Waals surface area contributed by atoms with Gasteiger partial charge in [0.25, 0.3) is 5.56 Å². The second-order valence-corrected chi connectivity index (χ2v) is 8.76. The summed E-state index contributed by atoms with van der Waals surface area (Å²) in [6.45, 7) is 6.06. The molecule has 0 atom stereocenters. The van der Waals surface area contributed by atoms with E-state index in [-0.39, 0.29) is 5.56 Å². The number of thiazole rings is 1. The summed E-state index contributed by atoms with van der Waals surface area (Å²) in [4.78, 5) is 29.2. The van der Waals surface area contributed by atoms with Crippen LogP contribution in [0.3, 0.4) is 0 Å². The lowest BCUT2D eigenvalue weighted by Gasteiger charge is -2.12. The number of carbonyl (C=O) groups excluding carboxylic acids is 1. The highest BCUT2D eigenvalue weighted by Gasteiger charge is 2.16. The largest absolute Gasteiger partial charge is 0.493 e. The number of esters is 1. The number of para-hydroxylation sites is 1. The van der Waals surface area contributed by atoms with E-state index in [0.29, 0.717) is 50.7 Å². The number of fused-ring (bicyclic) bond motifs is 1. The molecule has 2 heterocycles. The van der Waals surface area contributed by atoms with E-state index >= 15 is 0 Å². The van der Waals surface area contributed by atoms with E-state index in [0.717, 1.165) is 5.56 Å². The van der Waals surface area contributed by atoms with E-state index in [1.807, 2.05) is 18.2 Å². The fraction of sp³-hybridized carbons (Fsp3) is 0.250. The molecule has 0 fully saturated rings. The molecule has 0 N–H and O–H groups in total. The highest BCUT2D eigenvalue weighted by molar-refractivity contribution is 7.15. The van der Waals surface area contributed by atoms with Crippen molar-refractivity contribution in [2.45, 2.75) is 20.8 Å². The molecule has 0 saturated heterocycles. The van der Waals surface area contributed by atoms with Crippen molar-refractivity contribution >= 4 is 28.3 Å². The minimum absolute atomic E-state index is 0.280. The maximum absolute atomic E-state index is 12.9. The van der Waals surface area contributed by atoms with E-state index in [1.54, 1.807) is 37.5 Å². The summed E-state index contributed by atoms with van der Waals surface area (Å²) in [5, 5.41) is 4.35. The Labute approximate surface area is 194 Å². The molecule has 0 aliphatic rings. The van der Waals surface area contributed by atoms with Crippen molar-refractivity contribution in [2.24, 2.45) is 5.92 Å². The smallest absolute Gasteiger partial charge is 0.308 e. The van der Waals surface area contributed by atoms with Crippen LogP contribution in [-0.4, -0.2) is 34.3 Å². The molecule has 0 amide bonds. The summed E-state index contributed by atoms with van der Waals surface area (Å²) in [6, 6.07) is 12.5. The van der Waals surface area contributed by atoms with Crippen LogP contribution in [0, 0.1) is 5.92 Å². The number of carbonyl (C=O) groups is 1. The summed E-state index contributed by atoms with van der Waals surface area (Å²) < 4.78 is 18.2. The lowest BCUT2D eigenvalue weighted by Crippen LogP contribution is -2.23. The summed E-state index contributed by atoms with van der Waals surface area (Å²) in [7, 11) is 1.58. The van der Waals surface area contributed by atoms with Crippen LogP contribution in [0.4, 0.5) is 0 Å². The number of ether oxygens (including phenoxy) is 3. The van der Waals surface area contributed by atoms with Crippen LogP contribution in [0.2, 0.25) is 0 Å². The normalized spacial score (nSPS) is 11.8. The third-order valence-electron chi connectivity index (χ3n) is 4.62. The molecule has 0 spiro atoms. The van der Waals surface area contributed by atoms with Crippen molar-refractivity contribution < 1.29 is 19.0 Å². The molecule has 0 saturated carbocycles. The first-order valence-electron chi connectivity index (χ1n) is 10.4. The lowest BCUT2D eigenvalue weighted by molar-refractivity contribution is -0.131. The highest BCUT2D eigenvalue weighted by atomic mass is 32.1. The minimum Gasteiger partial charge on any atom is -0.493 e. The van der Waals surface area contributed by atoms with Gasteiger partial charge >= 0.3 is 5.97 Å². The Hall–Kier alpha value is -3.72. The van der Waals surface area contributed by atoms with Gasteiger partial charge in [0.05, 0.1) is 23.8 Å². The third-order valence-corrected chi connectivity index (χ3v) is 5.58. The average molecular weight is 466 g/mol. The summed E-state index contributed by atoms with van der Waals surface area (Å²) >= 11 is 1.23. The van der Waals surface area contributed by atoms with Crippen molar-refractivity contribution in [3.8, 4) is 28.6 Å². The molecular formula is C24H23N3O5S. The Morgan fingerprint density at radius 3 is 2.64 bits per heavy atom. The molecule has 4 rings (SSSR count). The van der Waals surface area contributed by atoms with Crippen LogP contribution in [0.1, 0.15) is 26.3 Å². The number of benzene rings is 2. The van der Waals surface area contributed by atoms with Crippen LogP contribution in [0.15, 0.2) is 47.3 Å². The predicted molar refractivity (Wildman–Crippen MR) is 126 cm³/mol. The quantitative estimate of drug-likeness (QED) is 0.305. The Morgan fingerprint density at radius 2 is 1.94 bits per heavy atom. The summed E-state index contributed by atoms with van der Waals surface area (Å²) in [6.07, 6.45) is 1.77. The molecule has 0 unspecified atom stereocenters. The van der Waals surface area contributed by atoms with Crippen LogP contribution < -0.4 is 24.3 Å². The van der Waals surface area contributed by atoms with E-state index in [2.05, 4.69) is 23.9 Å². The fourth-order valence-corrected chi connectivity index (χ4v) is 4.05. The Balaban J connectivity index is 1.69. The predicted octanol–water partition coefficient (Wildman–Crippen LogP) is 3.33. The van der Waals surface area contributed by atoms with Crippen LogP contribution in [0.5, 0.6) is 17.2 Å². The molecule has 0 bridgehead atoms. The summed E-state index contributed by atoms with van der Waals surface area (Å²) in [5.41, 5.74) is 1.05. The van der Waals surface area contributed by atoms with Gasteiger partial charge in [-0.25, -0.2) is 0 Å². The zero-order valence-corrected chi connectivity index (χ0v) is 19.5. The molecule has 0 radical (unpaired) electrons. The van der Waals surface area contributed by atoms with Gasteiger partial charge in [0.1, 0.15) is 5.75 Å². The van der Waals surface area contributed by atoms with E-state index in [9.17, 15) is 9.59 Å². The third kappa shape index (κ3) is 4.88. The Bertz CT molecular complexity index is 1420. The molecular weight excluding hydrogens is 442 g/mol. The van der Waals surface area contributed by atoms with Crippen molar-refractivity contribution in [2.75, 3.05) is 13.7 Å². The monoisotopic (exact) mass is 465 g/mol. The maximum Gasteiger partial charge on any atom is 0.308 e. The number of hydrogen-bond donors (Lipinski definition) is 0. The van der Waals surface area contributed by atoms with Gasteiger partial charge in [0, 0.05) is 6.92 Å². The lowest BCUT2D eigenvalue weighted by atomic mass is 10.2. The van der Waals surface area contributed by atoms with Gasteiger partial charge in [-0.1, -0.05) is 43.4 Å². The molecule has 170 valence electrons. The standard InChI is InChI=1S/C24H23N3O5S/c1-14(2)13-31-19-10-9-16(11-20(19)30-4)12-21-23(29)27-24(33-21)25-22(26-27)17-7-5-6-8-18(17)32-15(3)28/h5-12,14H,13H2,1-4H3/b21-12-. The molecule has 4 aromatic rings. The second kappa shape index (κ2) is 9.41. The number of methoxy groups -OCH3 is 1. The Morgan fingerprint density at radius 1 is 1.15 bits per heavy atom. The van der Waals surface area contributed by atoms with Crippen molar-refractivity contribution in [1.29, 1.82) is 0 Å². The maximum atomic E-state index is 12.9. The molecule has 33 heavy (non-hydrogen) atoms. The van der Waals surface area contributed by atoms with E-state index < -0.39 is 5.97 Å². The zero-order chi connectivity index (χ0) is 23.5. The van der Waals surface area contributed by atoms with E-state index in [4.69, 9.17) is 14.2 Å². The van der Waals surface area contributed by atoms with E-state index in [1.165, 1.54) is 22.8 Å². The summed E-state index contributed by atoms with van der Waals surface area (Å²) in [5.74, 6) is 1.86. The topological polar surface area (TPSA) is 92.0 Å². The van der Waals surface area contributed by atoms with Gasteiger partial charge < -0.3 is 14.2 Å². The molecule has 9 heteroatoms. The molecule has 0 aliphatic carbocycles. The first-order valence-corrected chi connectivity index (χ1v) is 11.2. The molecule has 8 nitrogen and oxygen atoms in total. The SMILES string of the molecule is COc1cc(/C=c2\sc3nc(-c4ccccc4OC(C)=O)nn3c2=O)ccc1OCC(C)C. The highest BCUT2D eigenvalue weighted by Crippen LogP contribution is 2.29. The number of hydrogen-bond acceptors (Lipinski definition) is 8. The van der Waals surface area contributed by atoms with Gasteiger partial charge in [-0.3, -0.25) is 9.59 Å². The van der Waals surface area contributed by atoms with Gasteiger partial charge in [-0.2, -0.15) is 9.50 Å².